The summed E-state index contributed by atoms with van der Waals surface area (Å²) in [7, 11) is -1.48. The average Bonchev–Trinajstić information content (AvgIpc) is 2.01. The Hall–Kier alpha value is -1.23. The second kappa shape index (κ2) is 4.85. The van der Waals surface area contributed by atoms with Gasteiger partial charge in [0.25, 0.3) is 0 Å². The lowest BCUT2D eigenvalue weighted by atomic mass is 10.2. The van der Waals surface area contributed by atoms with Gasteiger partial charge in [-0.05, 0) is 17.7 Å². The number of carbonyl (C=O) groups is 1. The smallest absolute Gasteiger partial charge is 0.316 e. The van der Waals surface area contributed by atoms with E-state index in [1.165, 1.54) is 18.2 Å². The van der Waals surface area contributed by atoms with Gasteiger partial charge in [0.1, 0.15) is 11.6 Å². The molecule has 0 saturated carbocycles. The van der Waals surface area contributed by atoms with E-state index in [2.05, 4.69) is 0 Å². The minimum atomic E-state index is -1.48. The zero-order valence-electron chi connectivity index (χ0n) is 7.27. The van der Waals surface area contributed by atoms with Gasteiger partial charge in [-0.3, -0.25) is 9.00 Å². The lowest BCUT2D eigenvalue weighted by Crippen LogP contribution is -2.10. The molecule has 0 aliphatic heterocycles. The van der Waals surface area contributed by atoms with Gasteiger partial charge in [0.2, 0.25) is 0 Å². The molecule has 5 heteroatoms. The van der Waals surface area contributed by atoms with E-state index in [-0.39, 0.29) is 5.75 Å². The van der Waals surface area contributed by atoms with E-state index in [1.807, 2.05) is 0 Å². The molecule has 0 fully saturated rings. The van der Waals surface area contributed by atoms with Crippen molar-refractivity contribution in [2.45, 2.75) is 5.75 Å². The van der Waals surface area contributed by atoms with E-state index >= 15 is 0 Å². The second-order valence-corrected chi connectivity index (χ2v) is 4.21. The Labute approximate surface area is 83.0 Å². The van der Waals surface area contributed by atoms with Crippen molar-refractivity contribution in [1.29, 1.82) is 0 Å². The highest BCUT2D eigenvalue weighted by Crippen LogP contribution is 2.06. The summed E-state index contributed by atoms with van der Waals surface area (Å²) in [5.74, 6) is -1.85. The van der Waals surface area contributed by atoms with Crippen LogP contribution in [-0.4, -0.2) is 21.0 Å². The Balaban J connectivity index is 2.60. The number of carboxylic acid groups (broad SMARTS) is 1. The molecule has 0 radical (unpaired) electrons. The molecule has 0 spiro atoms. The molecule has 76 valence electrons. The Morgan fingerprint density at radius 2 is 2.21 bits per heavy atom. The quantitative estimate of drug-likeness (QED) is 0.821. The van der Waals surface area contributed by atoms with Gasteiger partial charge in [0, 0.05) is 16.6 Å². The van der Waals surface area contributed by atoms with Crippen LogP contribution in [0.4, 0.5) is 4.39 Å². The zero-order valence-corrected chi connectivity index (χ0v) is 8.09. The van der Waals surface area contributed by atoms with Crippen molar-refractivity contribution < 1.29 is 18.5 Å². The Bertz CT molecular complexity index is 365. The molecule has 0 bridgehead atoms. The van der Waals surface area contributed by atoms with Crippen molar-refractivity contribution in [3.8, 4) is 0 Å². The third kappa shape index (κ3) is 3.66. The molecule has 1 unspecified atom stereocenters. The van der Waals surface area contributed by atoms with Crippen LogP contribution in [0.2, 0.25) is 0 Å². The molecule has 14 heavy (non-hydrogen) atoms. The molecule has 1 aromatic carbocycles. The predicted octanol–water partition coefficient (Wildman–Crippen LogP) is 1.16. The monoisotopic (exact) mass is 216 g/mol. The van der Waals surface area contributed by atoms with Crippen LogP contribution in [-0.2, 0) is 21.3 Å². The fourth-order valence-corrected chi connectivity index (χ4v) is 1.93. The molecule has 1 aromatic rings. The van der Waals surface area contributed by atoms with Gasteiger partial charge in [-0.15, -0.1) is 0 Å². The minimum Gasteiger partial charge on any atom is -0.481 e. The van der Waals surface area contributed by atoms with Crippen LogP contribution >= 0.6 is 0 Å². The van der Waals surface area contributed by atoms with E-state index in [9.17, 15) is 13.4 Å². The molecule has 1 atom stereocenters. The van der Waals surface area contributed by atoms with Gasteiger partial charge in [-0.2, -0.15) is 0 Å². The van der Waals surface area contributed by atoms with E-state index in [1.54, 1.807) is 6.07 Å². The summed E-state index contributed by atoms with van der Waals surface area (Å²) in [6.07, 6.45) is 0. The van der Waals surface area contributed by atoms with Gasteiger partial charge in [0.05, 0.1) is 0 Å². The van der Waals surface area contributed by atoms with Crippen molar-refractivity contribution >= 4 is 16.8 Å². The first kappa shape index (κ1) is 10.8. The third-order valence-corrected chi connectivity index (χ3v) is 2.73. The molecule has 0 aliphatic rings. The van der Waals surface area contributed by atoms with Crippen molar-refractivity contribution in [1.82, 2.24) is 0 Å². The number of hydrogen-bond acceptors (Lipinski definition) is 2. The summed E-state index contributed by atoms with van der Waals surface area (Å²) in [5.41, 5.74) is 0.546. The molecule has 0 saturated heterocycles. The van der Waals surface area contributed by atoms with Gasteiger partial charge in [0.15, 0.2) is 0 Å². The minimum absolute atomic E-state index is 0.0735. The van der Waals surface area contributed by atoms with Crippen LogP contribution in [0, 0.1) is 5.82 Å². The lowest BCUT2D eigenvalue weighted by Gasteiger charge is -1.99. The Kier molecular flexibility index (Phi) is 3.76. The van der Waals surface area contributed by atoms with E-state index in [4.69, 9.17) is 5.11 Å². The molecule has 0 aromatic heterocycles. The average molecular weight is 216 g/mol. The fraction of sp³-hybridized carbons (Fsp3) is 0.222. The number of benzene rings is 1. The van der Waals surface area contributed by atoms with Crippen molar-refractivity contribution in [3.05, 3.63) is 35.6 Å². The van der Waals surface area contributed by atoms with Crippen molar-refractivity contribution in [2.24, 2.45) is 0 Å². The summed E-state index contributed by atoms with van der Waals surface area (Å²) in [6, 6.07) is 5.65. The molecule has 0 heterocycles. The second-order valence-electron chi connectivity index (χ2n) is 2.75. The van der Waals surface area contributed by atoms with Crippen molar-refractivity contribution in [3.63, 3.8) is 0 Å². The van der Waals surface area contributed by atoms with Crippen molar-refractivity contribution in [2.75, 3.05) is 5.75 Å². The largest absolute Gasteiger partial charge is 0.481 e. The van der Waals surface area contributed by atoms with Crippen LogP contribution in [0.25, 0.3) is 0 Å². The molecule has 3 nitrogen and oxygen atoms in total. The summed E-state index contributed by atoms with van der Waals surface area (Å²) >= 11 is 0. The SMILES string of the molecule is O=C(O)CS(=O)Cc1cccc(F)c1. The maximum atomic E-state index is 12.7. The number of carboxylic acids is 1. The van der Waals surface area contributed by atoms with E-state index in [0.29, 0.717) is 5.56 Å². The van der Waals surface area contributed by atoms with Gasteiger partial charge in [-0.25, -0.2) is 4.39 Å². The van der Waals surface area contributed by atoms with Gasteiger partial charge >= 0.3 is 5.97 Å². The predicted molar refractivity (Wildman–Crippen MR) is 50.7 cm³/mol. The standard InChI is InChI=1S/C9H9FO3S/c10-8-3-1-2-7(4-8)5-14(13)6-9(11)12/h1-4H,5-6H2,(H,11,12). The van der Waals surface area contributed by atoms with Crippen LogP contribution in [0.3, 0.4) is 0 Å². The molecule has 1 N–H and O–H groups in total. The highest BCUT2D eigenvalue weighted by molar-refractivity contribution is 7.84. The van der Waals surface area contributed by atoms with Crippen LogP contribution in [0.5, 0.6) is 0 Å². The first-order valence-corrected chi connectivity index (χ1v) is 5.38. The highest BCUT2D eigenvalue weighted by atomic mass is 32.2. The Morgan fingerprint density at radius 1 is 1.50 bits per heavy atom. The summed E-state index contributed by atoms with van der Waals surface area (Å²) in [6.45, 7) is 0. The maximum Gasteiger partial charge on any atom is 0.316 e. The summed E-state index contributed by atoms with van der Waals surface area (Å²) in [5, 5.41) is 8.35. The fourth-order valence-electron chi connectivity index (χ4n) is 1.00. The molecule has 0 amide bonds. The Morgan fingerprint density at radius 3 is 2.79 bits per heavy atom. The lowest BCUT2D eigenvalue weighted by molar-refractivity contribution is -0.133. The van der Waals surface area contributed by atoms with Crippen LogP contribution in [0.1, 0.15) is 5.56 Å². The van der Waals surface area contributed by atoms with E-state index in [0.717, 1.165) is 0 Å². The first-order chi connectivity index (χ1) is 6.58. The topological polar surface area (TPSA) is 54.4 Å². The molecule has 1 rings (SSSR count). The summed E-state index contributed by atoms with van der Waals surface area (Å²) < 4.78 is 23.8. The number of aliphatic carboxylic acids is 1. The number of rotatable bonds is 4. The number of halogens is 1. The van der Waals surface area contributed by atoms with Gasteiger partial charge in [-0.1, -0.05) is 12.1 Å². The number of hydrogen-bond donors (Lipinski definition) is 1. The highest BCUT2D eigenvalue weighted by Gasteiger charge is 2.06. The zero-order chi connectivity index (χ0) is 10.6. The summed E-state index contributed by atoms with van der Waals surface area (Å²) in [4.78, 5) is 10.2. The van der Waals surface area contributed by atoms with Crippen LogP contribution in [0.15, 0.2) is 24.3 Å². The van der Waals surface area contributed by atoms with Crippen LogP contribution < -0.4 is 0 Å². The van der Waals surface area contributed by atoms with E-state index < -0.39 is 28.3 Å². The first-order valence-electron chi connectivity index (χ1n) is 3.89. The normalized spacial score (nSPS) is 12.4. The molecular formula is C9H9FO3S. The molecular weight excluding hydrogens is 207 g/mol. The third-order valence-electron chi connectivity index (χ3n) is 1.50. The molecule has 0 aliphatic carbocycles. The van der Waals surface area contributed by atoms with Gasteiger partial charge < -0.3 is 5.11 Å². The maximum absolute atomic E-state index is 12.7.